The van der Waals surface area contributed by atoms with Crippen molar-refractivity contribution in [2.24, 2.45) is 23.7 Å². The van der Waals surface area contributed by atoms with Crippen molar-refractivity contribution in [3.05, 3.63) is 0 Å². The molecule has 0 amide bonds. The van der Waals surface area contributed by atoms with E-state index in [1.54, 1.807) is 0 Å². The third kappa shape index (κ3) is 63.5. The Balaban J connectivity index is 5.22. The first-order valence-electron chi connectivity index (χ1n) is 36.7. The zero-order valence-corrected chi connectivity index (χ0v) is 60.6. The summed E-state index contributed by atoms with van der Waals surface area (Å²) >= 11 is 0. The molecule has 0 radical (unpaired) electrons. The highest BCUT2D eigenvalue weighted by molar-refractivity contribution is 7.47. The lowest BCUT2D eigenvalue weighted by atomic mass is 10.00. The second-order valence-electron chi connectivity index (χ2n) is 27.3. The number of aliphatic hydroxyl groups is 1. The molecule has 0 bridgehead atoms. The first kappa shape index (κ1) is 88.1. The van der Waals surface area contributed by atoms with E-state index in [2.05, 4.69) is 55.4 Å². The fraction of sp³-hybridized carbons (Fsp3) is 0.944. The average Bonchev–Trinajstić information content (AvgIpc) is 3.71. The van der Waals surface area contributed by atoms with Crippen molar-refractivity contribution in [3.63, 3.8) is 0 Å². The fourth-order valence-electron chi connectivity index (χ4n) is 10.6. The van der Waals surface area contributed by atoms with Crippen molar-refractivity contribution < 1.29 is 80.2 Å². The molecule has 0 heterocycles. The van der Waals surface area contributed by atoms with Gasteiger partial charge in [0.1, 0.15) is 19.3 Å². The van der Waals surface area contributed by atoms with E-state index in [0.717, 1.165) is 120 Å². The minimum atomic E-state index is -4.95. The maximum atomic E-state index is 13.0. The zero-order valence-electron chi connectivity index (χ0n) is 58.8. The summed E-state index contributed by atoms with van der Waals surface area (Å²) in [4.78, 5) is 72.5. The Hall–Kier alpha value is -1.94. The Morgan fingerprint density at radius 3 is 0.789 bits per heavy atom. The number of hydrogen-bond donors (Lipinski definition) is 3. The molecule has 17 nitrogen and oxygen atoms in total. The van der Waals surface area contributed by atoms with Gasteiger partial charge in [-0.1, -0.05) is 299 Å². The molecule has 0 rings (SSSR count). The molecule has 0 aromatic heterocycles. The van der Waals surface area contributed by atoms with Crippen LogP contribution in [-0.2, 0) is 65.4 Å². The van der Waals surface area contributed by atoms with Gasteiger partial charge in [0.2, 0.25) is 0 Å². The number of hydrogen-bond acceptors (Lipinski definition) is 15. The number of carbonyl (C=O) groups excluding carboxylic acids is 4. The second kappa shape index (κ2) is 60.7. The largest absolute Gasteiger partial charge is 0.472 e. The first-order valence-corrected chi connectivity index (χ1v) is 39.7. The molecule has 0 aromatic carbocycles. The van der Waals surface area contributed by atoms with Crippen LogP contribution < -0.4 is 0 Å². The first-order chi connectivity index (χ1) is 43.1. The van der Waals surface area contributed by atoms with Crippen LogP contribution in [0.1, 0.15) is 351 Å². The number of aliphatic hydroxyl groups excluding tert-OH is 1. The van der Waals surface area contributed by atoms with Gasteiger partial charge in [0.05, 0.1) is 26.4 Å². The van der Waals surface area contributed by atoms with Gasteiger partial charge >= 0.3 is 39.5 Å². The van der Waals surface area contributed by atoms with Gasteiger partial charge < -0.3 is 33.8 Å². The molecule has 19 heteroatoms. The van der Waals surface area contributed by atoms with Gasteiger partial charge in [0, 0.05) is 25.7 Å². The van der Waals surface area contributed by atoms with Gasteiger partial charge in [-0.15, -0.1) is 0 Å². The number of phosphoric acid groups is 2. The Bertz CT molecular complexity index is 1780. The number of phosphoric ester groups is 2. The molecular weight excluding hydrogens is 1190 g/mol. The monoisotopic (exact) mass is 1320 g/mol. The molecule has 0 aliphatic carbocycles. The van der Waals surface area contributed by atoms with Crippen molar-refractivity contribution in [2.45, 2.75) is 369 Å². The quantitative estimate of drug-likeness (QED) is 0.0222. The molecule has 0 saturated heterocycles. The molecule has 0 aliphatic heterocycles. The fourth-order valence-corrected chi connectivity index (χ4v) is 12.2. The predicted octanol–water partition coefficient (Wildman–Crippen LogP) is 20.1. The third-order valence-electron chi connectivity index (χ3n) is 16.7. The summed E-state index contributed by atoms with van der Waals surface area (Å²) in [5.41, 5.74) is 0. The topological polar surface area (TPSA) is 237 Å². The molecule has 6 atom stereocenters. The molecular formula is C71H138O17P2. The summed E-state index contributed by atoms with van der Waals surface area (Å²) in [6, 6.07) is 0. The van der Waals surface area contributed by atoms with Crippen LogP contribution in [0.25, 0.3) is 0 Å². The van der Waals surface area contributed by atoms with Crippen LogP contribution in [0.4, 0.5) is 0 Å². The zero-order chi connectivity index (χ0) is 66.8. The molecule has 0 fully saturated rings. The number of rotatable bonds is 68. The summed E-state index contributed by atoms with van der Waals surface area (Å²) in [5, 5.41) is 10.6. The standard InChI is InChI=1S/C71H138O17P2/c1-9-64(8)50-42-34-29-30-36-44-52-69(74)82-58-67(88-70(75)53-45-37-26-20-16-14-12-10-11-13-15-18-23-31-39-47-61(2)3)60-86-90(79,80)84-56-65(72)55-83-89(77,78)85-59-66(57-81-68(73)51-43-35-28-22-25-33-41-49-63(6)7)87-71(76)54-46-38-27-21-17-19-24-32-40-48-62(4)5/h61-67,72H,9-60H2,1-8H3,(H,77,78)(H,79,80)/t64?,65?,66-,67-/m1/s1. The Kier molecular flexibility index (Phi) is 59.4. The Morgan fingerprint density at radius 1 is 0.311 bits per heavy atom. The van der Waals surface area contributed by atoms with E-state index in [-0.39, 0.29) is 25.7 Å². The minimum absolute atomic E-state index is 0.104. The molecule has 4 unspecified atom stereocenters. The van der Waals surface area contributed by atoms with Crippen LogP contribution in [-0.4, -0.2) is 96.7 Å². The molecule has 0 spiro atoms. The van der Waals surface area contributed by atoms with Crippen molar-refractivity contribution in [1.82, 2.24) is 0 Å². The SMILES string of the molecule is CCC(C)CCCCCCCCC(=O)OC[C@H](COP(=O)(O)OCC(O)COP(=O)(O)OC[C@@H](COC(=O)CCCCCCCCCC(C)C)OC(=O)CCCCCCCCCCCC(C)C)OC(=O)CCCCCCCCCCCCCCCCCC(C)C. The molecule has 534 valence electrons. The Morgan fingerprint density at radius 2 is 0.533 bits per heavy atom. The van der Waals surface area contributed by atoms with Gasteiger partial charge in [-0.25, -0.2) is 9.13 Å². The molecule has 0 aromatic rings. The van der Waals surface area contributed by atoms with E-state index in [1.807, 2.05) is 0 Å². The third-order valence-corrected chi connectivity index (χ3v) is 18.6. The van der Waals surface area contributed by atoms with Gasteiger partial charge in [-0.05, 0) is 49.4 Å². The van der Waals surface area contributed by atoms with E-state index < -0.39 is 97.5 Å². The summed E-state index contributed by atoms with van der Waals surface area (Å²) < 4.78 is 68.3. The van der Waals surface area contributed by atoms with Crippen LogP contribution in [0.3, 0.4) is 0 Å². The highest BCUT2D eigenvalue weighted by atomic mass is 31.2. The van der Waals surface area contributed by atoms with Gasteiger partial charge in [-0.2, -0.15) is 0 Å². The molecule has 0 aliphatic rings. The number of unbranched alkanes of at least 4 members (excludes halogenated alkanes) is 33. The normalized spacial score (nSPS) is 14.6. The number of esters is 4. The molecule has 3 N–H and O–H groups in total. The van der Waals surface area contributed by atoms with Crippen LogP contribution in [0.5, 0.6) is 0 Å². The predicted molar refractivity (Wildman–Crippen MR) is 363 cm³/mol. The van der Waals surface area contributed by atoms with Crippen LogP contribution in [0.2, 0.25) is 0 Å². The number of ether oxygens (including phenoxy) is 4. The smallest absolute Gasteiger partial charge is 0.462 e. The highest BCUT2D eigenvalue weighted by Crippen LogP contribution is 2.45. The number of carbonyl (C=O) groups is 4. The van der Waals surface area contributed by atoms with Gasteiger partial charge in [-0.3, -0.25) is 37.3 Å². The van der Waals surface area contributed by atoms with Crippen molar-refractivity contribution in [3.8, 4) is 0 Å². The van der Waals surface area contributed by atoms with E-state index in [9.17, 15) is 43.2 Å². The minimum Gasteiger partial charge on any atom is -0.462 e. The summed E-state index contributed by atoms with van der Waals surface area (Å²) in [7, 11) is -9.90. The van der Waals surface area contributed by atoms with Gasteiger partial charge in [0.15, 0.2) is 12.2 Å². The maximum absolute atomic E-state index is 13.0. The summed E-state index contributed by atoms with van der Waals surface area (Å²) in [6.07, 6.45) is 43.2. The van der Waals surface area contributed by atoms with Crippen LogP contribution in [0.15, 0.2) is 0 Å². The van der Waals surface area contributed by atoms with Crippen molar-refractivity contribution in [1.29, 1.82) is 0 Å². The van der Waals surface area contributed by atoms with Crippen molar-refractivity contribution in [2.75, 3.05) is 39.6 Å². The summed E-state index contributed by atoms with van der Waals surface area (Å²) in [5.74, 6) is 0.844. The maximum Gasteiger partial charge on any atom is 0.472 e. The Labute approximate surface area is 549 Å². The molecule has 0 saturated carbocycles. The lowest BCUT2D eigenvalue weighted by molar-refractivity contribution is -0.161. The van der Waals surface area contributed by atoms with E-state index >= 15 is 0 Å². The van der Waals surface area contributed by atoms with E-state index in [0.29, 0.717) is 31.6 Å². The summed E-state index contributed by atoms with van der Waals surface area (Å²) in [6.45, 7) is 14.1. The molecule has 90 heavy (non-hydrogen) atoms. The van der Waals surface area contributed by atoms with Crippen LogP contribution >= 0.6 is 15.6 Å². The lowest BCUT2D eigenvalue weighted by Gasteiger charge is -2.21. The lowest BCUT2D eigenvalue weighted by Crippen LogP contribution is -2.30. The second-order valence-corrected chi connectivity index (χ2v) is 30.2. The van der Waals surface area contributed by atoms with E-state index in [4.69, 9.17) is 37.0 Å². The average molecular weight is 1330 g/mol. The highest BCUT2D eigenvalue weighted by Gasteiger charge is 2.30. The van der Waals surface area contributed by atoms with Gasteiger partial charge in [0.25, 0.3) is 0 Å². The van der Waals surface area contributed by atoms with Crippen LogP contribution in [0, 0.1) is 23.7 Å². The van der Waals surface area contributed by atoms with Crippen molar-refractivity contribution >= 4 is 39.5 Å². The van der Waals surface area contributed by atoms with E-state index in [1.165, 1.54) is 141 Å².